The molecule has 0 bridgehead atoms. The van der Waals surface area contributed by atoms with Gasteiger partial charge >= 0.3 is 6.18 Å². The summed E-state index contributed by atoms with van der Waals surface area (Å²) in [5, 5.41) is 23.2. The maximum absolute atomic E-state index is 13.3. The molecule has 2 aromatic heterocycles. The van der Waals surface area contributed by atoms with Crippen LogP contribution in [0.3, 0.4) is 0 Å². The summed E-state index contributed by atoms with van der Waals surface area (Å²) in [5.74, 6) is 1.00. The van der Waals surface area contributed by atoms with Crippen LogP contribution in [-0.4, -0.2) is 77.3 Å². The van der Waals surface area contributed by atoms with Gasteiger partial charge in [-0.05, 0) is 61.2 Å². The summed E-state index contributed by atoms with van der Waals surface area (Å²) in [6, 6.07) is 11.8. The Morgan fingerprint density at radius 2 is 1.55 bits per heavy atom. The number of hydrogen-bond acceptors (Lipinski definition) is 8. The highest BCUT2D eigenvalue weighted by Crippen LogP contribution is 2.30. The minimum absolute atomic E-state index is 0.0933. The number of anilines is 2. The molecule has 214 valence electrons. The molecule has 5 rings (SSSR count). The zero-order valence-electron chi connectivity index (χ0n) is 21.5. The van der Waals surface area contributed by atoms with Crippen LogP contribution in [-0.2, 0) is 16.2 Å². The van der Waals surface area contributed by atoms with E-state index in [-0.39, 0.29) is 36.3 Å². The number of piperidine rings is 2. The molecule has 0 spiro atoms. The summed E-state index contributed by atoms with van der Waals surface area (Å²) in [5.41, 5.74) is 0.765. The van der Waals surface area contributed by atoms with E-state index in [9.17, 15) is 31.8 Å². The van der Waals surface area contributed by atoms with E-state index in [1.807, 2.05) is 12.1 Å². The van der Waals surface area contributed by atoms with Gasteiger partial charge in [-0.2, -0.15) is 17.5 Å². The maximum atomic E-state index is 13.3. The average Bonchev–Trinajstić information content (AvgIpc) is 2.94. The third-order valence-electron chi connectivity index (χ3n) is 7.33. The predicted molar refractivity (Wildman–Crippen MR) is 143 cm³/mol. The normalized spacial score (nSPS) is 21.4. The van der Waals surface area contributed by atoms with Gasteiger partial charge in [-0.1, -0.05) is 12.1 Å². The molecular formula is C27H30F3N5O4S. The minimum atomic E-state index is -4.50. The number of sulfonamides is 1. The van der Waals surface area contributed by atoms with Crippen molar-refractivity contribution in [1.29, 1.82) is 0 Å². The first-order valence-corrected chi connectivity index (χ1v) is 14.4. The molecule has 1 aromatic carbocycles. The fourth-order valence-corrected chi connectivity index (χ4v) is 6.41. The van der Waals surface area contributed by atoms with Crippen LogP contribution < -0.4 is 10.2 Å². The number of nitrogens with one attached hydrogen (secondary N) is 1. The summed E-state index contributed by atoms with van der Waals surface area (Å²) in [6.45, 7) is 1.45. The summed E-state index contributed by atoms with van der Waals surface area (Å²) in [6.07, 6.45) is -1.73. The van der Waals surface area contributed by atoms with Crippen LogP contribution in [0, 0.1) is 0 Å². The van der Waals surface area contributed by atoms with Crippen molar-refractivity contribution in [3.63, 3.8) is 0 Å². The number of aromatic nitrogens is 2. The molecule has 3 aromatic rings. The number of hydrogen-bond donors (Lipinski definition) is 3. The topological polar surface area (TPSA) is 119 Å². The molecule has 0 amide bonds. The van der Waals surface area contributed by atoms with Gasteiger partial charge in [-0.3, -0.25) is 0 Å². The van der Waals surface area contributed by atoms with Crippen molar-refractivity contribution in [3.05, 3.63) is 66.5 Å². The Hall–Kier alpha value is -3.26. The van der Waals surface area contributed by atoms with Gasteiger partial charge in [0.25, 0.3) is 0 Å². The second-order valence-corrected chi connectivity index (χ2v) is 12.0. The summed E-state index contributed by atoms with van der Waals surface area (Å²) >= 11 is 0. The Labute approximate surface area is 230 Å². The van der Waals surface area contributed by atoms with Gasteiger partial charge in [0, 0.05) is 44.1 Å². The minimum Gasteiger partial charge on any atom is -0.393 e. The molecule has 2 saturated heterocycles. The molecule has 2 atom stereocenters. The van der Waals surface area contributed by atoms with Gasteiger partial charge in [0.15, 0.2) is 0 Å². The van der Waals surface area contributed by atoms with Crippen molar-refractivity contribution in [2.75, 3.05) is 36.4 Å². The highest BCUT2D eigenvalue weighted by atomic mass is 32.2. The van der Waals surface area contributed by atoms with Crippen molar-refractivity contribution in [2.45, 2.75) is 48.6 Å². The molecular weight excluding hydrogens is 547 g/mol. The quantitative estimate of drug-likeness (QED) is 0.408. The van der Waals surface area contributed by atoms with E-state index in [1.54, 1.807) is 18.3 Å². The Bertz CT molecular complexity index is 1400. The molecule has 3 N–H and O–H groups in total. The summed E-state index contributed by atoms with van der Waals surface area (Å²) < 4.78 is 66.0. The highest BCUT2D eigenvalue weighted by molar-refractivity contribution is 7.89. The lowest BCUT2D eigenvalue weighted by Crippen LogP contribution is -2.51. The zero-order chi connectivity index (χ0) is 28.5. The van der Waals surface area contributed by atoms with Crippen LogP contribution in [0.25, 0.3) is 11.1 Å². The van der Waals surface area contributed by atoms with E-state index in [4.69, 9.17) is 0 Å². The van der Waals surface area contributed by atoms with Crippen molar-refractivity contribution >= 4 is 21.7 Å². The fourth-order valence-electron chi connectivity index (χ4n) is 4.93. The molecule has 9 nitrogen and oxygen atoms in total. The lowest BCUT2D eigenvalue weighted by Gasteiger charge is -2.35. The predicted octanol–water partition coefficient (Wildman–Crippen LogP) is 3.36. The van der Waals surface area contributed by atoms with Crippen LogP contribution in [0.1, 0.15) is 24.8 Å². The molecule has 13 heteroatoms. The van der Waals surface area contributed by atoms with Crippen molar-refractivity contribution < 1.29 is 31.8 Å². The van der Waals surface area contributed by atoms with Crippen molar-refractivity contribution in [3.8, 4) is 11.1 Å². The van der Waals surface area contributed by atoms with E-state index in [0.29, 0.717) is 19.0 Å². The van der Waals surface area contributed by atoms with Crippen molar-refractivity contribution in [1.82, 2.24) is 14.3 Å². The first-order chi connectivity index (χ1) is 19.0. The standard InChI is InChI=1S/C27H30F3N5O4S/c28-27(29,30)20-4-7-25(31-16-20)33-23-11-14-35(17-24(23)37)40(38,39)22-5-1-18(2-6-22)19-3-8-26(32-15-19)34-12-9-21(36)10-13-34/h1-8,15-16,21,23-24,36-37H,9-14,17H2,(H,31,33)/t23-,24+/m1/s1. The molecule has 2 fully saturated rings. The number of halogens is 3. The lowest BCUT2D eigenvalue weighted by atomic mass is 10.0. The fraction of sp³-hybridized carbons (Fsp3) is 0.407. The van der Waals surface area contributed by atoms with Gasteiger partial charge in [0.2, 0.25) is 10.0 Å². The van der Waals surface area contributed by atoms with Crippen LogP contribution in [0.5, 0.6) is 0 Å². The highest BCUT2D eigenvalue weighted by Gasteiger charge is 2.35. The second-order valence-electron chi connectivity index (χ2n) is 10.0. The van der Waals surface area contributed by atoms with Crippen molar-refractivity contribution in [2.24, 2.45) is 0 Å². The molecule has 0 saturated carbocycles. The third-order valence-corrected chi connectivity index (χ3v) is 9.21. The largest absolute Gasteiger partial charge is 0.417 e. The molecule has 2 aliphatic heterocycles. The maximum Gasteiger partial charge on any atom is 0.417 e. The van der Waals surface area contributed by atoms with Crippen LogP contribution >= 0.6 is 0 Å². The summed E-state index contributed by atoms with van der Waals surface area (Å²) in [4.78, 5) is 10.5. The smallest absolute Gasteiger partial charge is 0.393 e. The van der Waals surface area contributed by atoms with Gasteiger partial charge in [-0.25, -0.2) is 18.4 Å². The number of nitrogens with zero attached hydrogens (tertiary/aromatic N) is 4. The number of alkyl halides is 3. The van der Waals surface area contributed by atoms with Gasteiger partial charge in [0.1, 0.15) is 11.6 Å². The van der Waals surface area contributed by atoms with Crippen LogP contribution in [0.2, 0.25) is 0 Å². The summed E-state index contributed by atoms with van der Waals surface area (Å²) in [7, 11) is -3.88. The number of aliphatic hydroxyl groups is 2. The molecule has 0 unspecified atom stereocenters. The first-order valence-electron chi connectivity index (χ1n) is 13.0. The van der Waals surface area contributed by atoms with E-state index < -0.39 is 33.9 Å². The van der Waals surface area contributed by atoms with Crippen LogP contribution in [0.4, 0.5) is 24.8 Å². The van der Waals surface area contributed by atoms with Gasteiger partial charge in [-0.15, -0.1) is 0 Å². The van der Waals surface area contributed by atoms with Crippen LogP contribution in [0.15, 0.2) is 65.8 Å². The number of benzene rings is 1. The van der Waals surface area contributed by atoms with E-state index >= 15 is 0 Å². The Balaban J connectivity index is 1.20. The molecule has 40 heavy (non-hydrogen) atoms. The van der Waals surface area contributed by atoms with Gasteiger partial charge in [0.05, 0.1) is 28.7 Å². The number of rotatable bonds is 6. The number of β-amino-alcohol motifs (C(OH)–C–C–N with tert-alkyl or cyclic N) is 1. The van der Waals surface area contributed by atoms with E-state index in [2.05, 4.69) is 20.2 Å². The Kier molecular flexibility index (Phi) is 8.00. The van der Waals surface area contributed by atoms with E-state index in [0.717, 1.165) is 36.1 Å². The molecule has 2 aliphatic rings. The molecule has 0 aliphatic carbocycles. The number of pyridine rings is 2. The molecule has 0 radical (unpaired) electrons. The SMILES string of the molecule is O=S(=O)(c1ccc(-c2ccc(N3CCC(O)CC3)nc2)cc1)N1CC[C@@H](Nc2ccc(C(F)(F)F)cn2)[C@@H](O)C1. The zero-order valence-corrected chi connectivity index (χ0v) is 22.3. The Morgan fingerprint density at radius 1 is 0.850 bits per heavy atom. The molecule has 4 heterocycles. The number of aliphatic hydroxyl groups excluding tert-OH is 2. The monoisotopic (exact) mass is 577 g/mol. The Morgan fingerprint density at radius 3 is 2.12 bits per heavy atom. The van der Waals surface area contributed by atoms with Gasteiger partial charge < -0.3 is 20.4 Å². The van der Waals surface area contributed by atoms with E-state index in [1.165, 1.54) is 22.5 Å². The average molecular weight is 578 g/mol. The lowest BCUT2D eigenvalue weighted by molar-refractivity contribution is -0.137. The third kappa shape index (κ3) is 6.22. The second kappa shape index (κ2) is 11.3. The first kappa shape index (κ1) is 28.3.